The van der Waals surface area contributed by atoms with Crippen LogP contribution in [-0.2, 0) is 17.8 Å². The number of carbonyl (C=O) groups excluding carboxylic acids is 1. The maximum atomic E-state index is 13.1. The molecule has 0 unspecified atom stereocenters. The first-order chi connectivity index (χ1) is 13.4. The summed E-state index contributed by atoms with van der Waals surface area (Å²) in [5.41, 5.74) is 2.96. The molecular formula is C23H26N2O3. The van der Waals surface area contributed by atoms with Crippen LogP contribution in [0, 0.1) is 5.41 Å². The van der Waals surface area contributed by atoms with Crippen molar-refractivity contribution in [3.05, 3.63) is 59.8 Å². The molecule has 1 aliphatic rings. The zero-order chi connectivity index (χ0) is 19.7. The van der Waals surface area contributed by atoms with Crippen molar-refractivity contribution < 1.29 is 14.3 Å². The average molecular weight is 378 g/mol. The Hall–Kier alpha value is -2.95. The van der Waals surface area contributed by atoms with E-state index in [1.54, 1.807) is 0 Å². The quantitative estimate of drug-likeness (QED) is 0.710. The molecule has 0 bridgehead atoms. The Balaban J connectivity index is 1.54. The summed E-state index contributed by atoms with van der Waals surface area (Å²) in [5, 5.41) is 1.22. The maximum absolute atomic E-state index is 13.1. The van der Waals surface area contributed by atoms with Gasteiger partial charge in [-0.25, -0.2) is 0 Å². The minimum Gasteiger partial charge on any atom is -0.454 e. The van der Waals surface area contributed by atoms with Crippen LogP contribution in [-0.4, -0.2) is 29.1 Å². The molecule has 3 aromatic rings. The van der Waals surface area contributed by atoms with Crippen molar-refractivity contribution >= 4 is 16.8 Å². The molecule has 1 aliphatic heterocycles. The predicted octanol–water partition coefficient (Wildman–Crippen LogP) is 4.51. The van der Waals surface area contributed by atoms with E-state index in [0.717, 1.165) is 29.0 Å². The molecule has 0 aliphatic carbocycles. The van der Waals surface area contributed by atoms with E-state index < -0.39 is 5.41 Å². The van der Waals surface area contributed by atoms with Crippen LogP contribution < -0.4 is 9.47 Å². The number of aromatic nitrogens is 1. The van der Waals surface area contributed by atoms with E-state index in [1.807, 2.05) is 62.2 Å². The number of nitrogens with zero attached hydrogens (tertiary/aromatic N) is 1. The summed E-state index contributed by atoms with van der Waals surface area (Å²) < 4.78 is 10.9. The molecule has 1 amide bonds. The van der Waals surface area contributed by atoms with E-state index >= 15 is 0 Å². The molecule has 5 nitrogen and oxygen atoms in total. The van der Waals surface area contributed by atoms with Gasteiger partial charge in [0.1, 0.15) is 0 Å². The minimum atomic E-state index is -0.434. The lowest BCUT2D eigenvalue weighted by Gasteiger charge is -2.30. The molecule has 0 radical (unpaired) electrons. The van der Waals surface area contributed by atoms with Crippen molar-refractivity contribution in [3.63, 3.8) is 0 Å². The van der Waals surface area contributed by atoms with Crippen LogP contribution in [0.1, 0.15) is 31.9 Å². The molecule has 0 saturated heterocycles. The molecule has 1 aromatic heterocycles. The highest BCUT2D eigenvalue weighted by molar-refractivity contribution is 5.83. The number of hydrogen-bond acceptors (Lipinski definition) is 3. The van der Waals surface area contributed by atoms with Gasteiger partial charge in [0.2, 0.25) is 12.7 Å². The first-order valence-corrected chi connectivity index (χ1v) is 9.65. The lowest BCUT2D eigenvalue weighted by atomic mass is 9.94. The van der Waals surface area contributed by atoms with Gasteiger partial charge >= 0.3 is 0 Å². The second kappa shape index (κ2) is 7.23. The molecule has 0 atom stereocenters. The Bertz CT molecular complexity index is 1000. The Morgan fingerprint density at radius 1 is 1.11 bits per heavy atom. The first kappa shape index (κ1) is 18.4. The molecule has 1 N–H and O–H groups in total. The van der Waals surface area contributed by atoms with Crippen molar-refractivity contribution in [1.82, 2.24) is 9.88 Å². The second-order valence-corrected chi connectivity index (χ2v) is 8.27. The van der Waals surface area contributed by atoms with Gasteiger partial charge in [0.25, 0.3) is 0 Å². The van der Waals surface area contributed by atoms with Crippen molar-refractivity contribution in [2.45, 2.75) is 33.7 Å². The van der Waals surface area contributed by atoms with E-state index in [2.05, 4.69) is 17.1 Å². The second-order valence-electron chi connectivity index (χ2n) is 8.27. The normalized spacial score (nSPS) is 13.1. The van der Waals surface area contributed by atoms with Gasteiger partial charge in [-0.1, -0.05) is 45.0 Å². The van der Waals surface area contributed by atoms with Gasteiger partial charge in [-0.15, -0.1) is 0 Å². The largest absolute Gasteiger partial charge is 0.454 e. The Morgan fingerprint density at radius 2 is 1.89 bits per heavy atom. The van der Waals surface area contributed by atoms with E-state index in [0.29, 0.717) is 13.1 Å². The monoisotopic (exact) mass is 378 g/mol. The number of hydrogen-bond donors (Lipinski definition) is 1. The lowest BCUT2D eigenvalue weighted by Crippen LogP contribution is -2.40. The molecule has 0 saturated carbocycles. The lowest BCUT2D eigenvalue weighted by molar-refractivity contribution is -0.140. The van der Waals surface area contributed by atoms with Crippen LogP contribution in [0.5, 0.6) is 11.5 Å². The zero-order valence-corrected chi connectivity index (χ0v) is 16.6. The van der Waals surface area contributed by atoms with Crippen LogP contribution in [0.4, 0.5) is 0 Å². The first-order valence-electron chi connectivity index (χ1n) is 9.65. The molecule has 0 fully saturated rings. The number of para-hydroxylation sites is 1. The molecule has 5 heteroatoms. The number of nitrogens with one attached hydrogen (secondary N) is 1. The standard InChI is InChI=1S/C23H26N2O3/c1-23(2,3)22(26)25(14-16-8-9-20-21(12-16)28-15-27-20)11-10-17-13-24-19-7-5-4-6-18(17)19/h4-9,12-13,24H,10-11,14-15H2,1-3H3. The fraction of sp³-hybridized carbons (Fsp3) is 0.348. The third-order valence-electron chi connectivity index (χ3n) is 5.07. The van der Waals surface area contributed by atoms with Crippen LogP contribution in [0.25, 0.3) is 10.9 Å². The van der Waals surface area contributed by atoms with Gasteiger partial charge in [0, 0.05) is 35.6 Å². The van der Waals surface area contributed by atoms with E-state index in [-0.39, 0.29) is 12.7 Å². The van der Waals surface area contributed by atoms with E-state index in [9.17, 15) is 4.79 Å². The summed E-state index contributed by atoms with van der Waals surface area (Å²) in [6.07, 6.45) is 2.85. The van der Waals surface area contributed by atoms with E-state index in [4.69, 9.17) is 9.47 Å². The number of rotatable bonds is 5. The van der Waals surface area contributed by atoms with Crippen molar-refractivity contribution in [1.29, 1.82) is 0 Å². The number of benzene rings is 2. The number of fused-ring (bicyclic) bond motifs is 2. The molecule has 4 rings (SSSR count). The molecule has 2 heterocycles. The average Bonchev–Trinajstić information content (AvgIpc) is 3.30. The SMILES string of the molecule is CC(C)(C)C(=O)N(CCc1c[nH]c2ccccc12)Cc1ccc2c(c1)OCO2. The number of carbonyl (C=O) groups is 1. The summed E-state index contributed by atoms with van der Waals surface area (Å²) in [7, 11) is 0. The third kappa shape index (κ3) is 3.70. The third-order valence-corrected chi connectivity index (χ3v) is 5.07. The van der Waals surface area contributed by atoms with Gasteiger partial charge in [0.15, 0.2) is 11.5 Å². The fourth-order valence-electron chi connectivity index (χ4n) is 3.58. The summed E-state index contributed by atoms with van der Waals surface area (Å²) in [6, 6.07) is 14.1. The molecular weight excluding hydrogens is 352 g/mol. The number of ether oxygens (including phenoxy) is 2. The highest BCUT2D eigenvalue weighted by atomic mass is 16.7. The van der Waals surface area contributed by atoms with Gasteiger partial charge in [0.05, 0.1) is 0 Å². The Morgan fingerprint density at radius 3 is 2.71 bits per heavy atom. The predicted molar refractivity (Wildman–Crippen MR) is 109 cm³/mol. The highest BCUT2D eigenvalue weighted by Gasteiger charge is 2.27. The topological polar surface area (TPSA) is 54.6 Å². The van der Waals surface area contributed by atoms with Gasteiger partial charge < -0.3 is 19.4 Å². The Kier molecular flexibility index (Phi) is 4.75. The highest BCUT2D eigenvalue weighted by Crippen LogP contribution is 2.33. The molecule has 2 aromatic carbocycles. The summed E-state index contributed by atoms with van der Waals surface area (Å²) in [6.45, 7) is 7.36. The molecule has 28 heavy (non-hydrogen) atoms. The summed E-state index contributed by atoms with van der Waals surface area (Å²) >= 11 is 0. The van der Waals surface area contributed by atoms with Gasteiger partial charge in [-0.05, 0) is 35.7 Å². The van der Waals surface area contributed by atoms with Crippen molar-refractivity contribution in [3.8, 4) is 11.5 Å². The number of H-pyrrole nitrogens is 1. The molecule has 0 spiro atoms. The minimum absolute atomic E-state index is 0.144. The van der Waals surface area contributed by atoms with Crippen LogP contribution in [0.2, 0.25) is 0 Å². The smallest absolute Gasteiger partial charge is 0.231 e. The summed E-state index contributed by atoms with van der Waals surface area (Å²) in [4.78, 5) is 18.3. The van der Waals surface area contributed by atoms with Crippen LogP contribution in [0.3, 0.4) is 0 Å². The van der Waals surface area contributed by atoms with Crippen LogP contribution in [0.15, 0.2) is 48.7 Å². The van der Waals surface area contributed by atoms with E-state index in [1.165, 1.54) is 10.9 Å². The number of aromatic amines is 1. The fourth-order valence-corrected chi connectivity index (χ4v) is 3.58. The van der Waals surface area contributed by atoms with Crippen LogP contribution >= 0.6 is 0 Å². The number of amides is 1. The summed E-state index contributed by atoms with van der Waals surface area (Å²) in [5.74, 6) is 1.65. The Labute approximate surface area is 165 Å². The van der Waals surface area contributed by atoms with Gasteiger partial charge in [-0.3, -0.25) is 4.79 Å². The zero-order valence-electron chi connectivity index (χ0n) is 16.6. The van der Waals surface area contributed by atoms with Gasteiger partial charge in [-0.2, -0.15) is 0 Å². The molecule has 146 valence electrons. The van der Waals surface area contributed by atoms with Crippen molar-refractivity contribution in [2.24, 2.45) is 5.41 Å². The maximum Gasteiger partial charge on any atom is 0.231 e. The van der Waals surface area contributed by atoms with Crippen molar-refractivity contribution in [2.75, 3.05) is 13.3 Å².